The number of aliphatic hydroxyl groups excluding tert-OH is 1. The molecule has 2 heterocycles. The number of benzene rings is 1. The lowest BCUT2D eigenvalue weighted by Gasteiger charge is -2.18. The van der Waals surface area contributed by atoms with E-state index in [1.807, 2.05) is 32.0 Å². The summed E-state index contributed by atoms with van der Waals surface area (Å²) in [7, 11) is 0. The number of aromatic amines is 1. The second-order valence-electron chi connectivity index (χ2n) is 6.50. The first-order chi connectivity index (χ1) is 11.6. The van der Waals surface area contributed by atoms with E-state index in [9.17, 15) is 9.90 Å². The summed E-state index contributed by atoms with van der Waals surface area (Å²) < 4.78 is 0. The molecule has 1 saturated heterocycles. The van der Waals surface area contributed by atoms with Crippen molar-refractivity contribution in [3.8, 4) is 0 Å². The maximum Gasteiger partial charge on any atom is 0.251 e. The Bertz CT molecular complexity index is 679. The topological polar surface area (TPSA) is 81.2 Å². The maximum atomic E-state index is 12.4. The summed E-state index contributed by atoms with van der Waals surface area (Å²) in [6.45, 7) is 6.35. The molecular formula is C18H24N4O2. The van der Waals surface area contributed by atoms with Crippen molar-refractivity contribution >= 4 is 5.91 Å². The molecule has 3 N–H and O–H groups in total. The van der Waals surface area contributed by atoms with Crippen molar-refractivity contribution in [2.45, 2.75) is 26.4 Å². The van der Waals surface area contributed by atoms with Gasteiger partial charge in [-0.15, -0.1) is 0 Å². The van der Waals surface area contributed by atoms with Gasteiger partial charge in [0.1, 0.15) is 0 Å². The molecule has 6 nitrogen and oxygen atoms in total. The van der Waals surface area contributed by atoms with Crippen LogP contribution in [0.5, 0.6) is 0 Å². The van der Waals surface area contributed by atoms with Gasteiger partial charge in [-0.1, -0.05) is 18.2 Å². The third-order valence-electron chi connectivity index (χ3n) is 4.77. The van der Waals surface area contributed by atoms with Crippen LogP contribution in [0.1, 0.15) is 27.3 Å². The summed E-state index contributed by atoms with van der Waals surface area (Å²) in [4.78, 5) is 14.6. The lowest BCUT2D eigenvalue weighted by atomic mass is 10.0. The average molecular weight is 328 g/mol. The number of hydrogen-bond donors (Lipinski definition) is 3. The molecule has 1 aliphatic rings. The molecule has 1 aliphatic heterocycles. The van der Waals surface area contributed by atoms with Gasteiger partial charge < -0.3 is 10.4 Å². The van der Waals surface area contributed by atoms with Crippen molar-refractivity contribution < 1.29 is 9.90 Å². The van der Waals surface area contributed by atoms with E-state index in [4.69, 9.17) is 0 Å². The van der Waals surface area contributed by atoms with E-state index >= 15 is 0 Å². The normalized spacial score (nSPS) is 21.1. The van der Waals surface area contributed by atoms with Crippen LogP contribution in [0.2, 0.25) is 0 Å². The highest BCUT2D eigenvalue weighted by Gasteiger charge is 2.34. The predicted molar refractivity (Wildman–Crippen MR) is 91.6 cm³/mol. The Labute approximate surface area is 141 Å². The molecule has 128 valence electrons. The van der Waals surface area contributed by atoms with Crippen molar-refractivity contribution in [2.24, 2.45) is 5.92 Å². The number of aliphatic hydroxyl groups is 1. The van der Waals surface area contributed by atoms with Gasteiger partial charge >= 0.3 is 0 Å². The molecule has 1 fully saturated rings. The number of rotatable bonds is 5. The Kier molecular flexibility index (Phi) is 4.97. The summed E-state index contributed by atoms with van der Waals surface area (Å²) in [6, 6.07) is 9.14. The Morgan fingerprint density at radius 2 is 2.08 bits per heavy atom. The van der Waals surface area contributed by atoms with Gasteiger partial charge in [-0.05, 0) is 26.0 Å². The van der Waals surface area contributed by atoms with Crippen LogP contribution in [0.4, 0.5) is 0 Å². The number of hydrogen-bond acceptors (Lipinski definition) is 4. The van der Waals surface area contributed by atoms with E-state index in [0.29, 0.717) is 5.56 Å². The smallest absolute Gasteiger partial charge is 0.251 e. The molecule has 0 aliphatic carbocycles. The van der Waals surface area contributed by atoms with Crippen molar-refractivity contribution in [3.63, 3.8) is 0 Å². The van der Waals surface area contributed by atoms with Crippen LogP contribution in [0.25, 0.3) is 0 Å². The van der Waals surface area contributed by atoms with Gasteiger partial charge in [-0.25, -0.2) is 0 Å². The lowest BCUT2D eigenvalue weighted by Crippen LogP contribution is -2.41. The molecule has 0 unspecified atom stereocenters. The molecule has 1 aromatic carbocycles. The molecule has 0 radical (unpaired) electrons. The van der Waals surface area contributed by atoms with Crippen LogP contribution in [0.3, 0.4) is 0 Å². The molecule has 3 rings (SSSR count). The number of aryl methyl sites for hydroxylation is 2. The number of H-pyrrole nitrogens is 1. The number of nitrogens with one attached hydrogen (secondary N) is 2. The Balaban J connectivity index is 1.65. The second kappa shape index (κ2) is 7.15. The number of aromatic nitrogens is 2. The monoisotopic (exact) mass is 328 g/mol. The minimum absolute atomic E-state index is 0.0461. The van der Waals surface area contributed by atoms with Crippen molar-refractivity contribution in [1.29, 1.82) is 0 Å². The number of nitrogens with zero attached hydrogens (tertiary/aromatic N) is 2. The zero-order valence-electron chi connectivity index (χ0n) is 14.1. The van der Waals surface area contributed by atoms with Gasteiger partial charge in [-0.2, -0.15) is 5.10 Å². The van der Waals surface area contributed by atoms with Crippen molar-refractivity contribution in [1.82, 2.24) is 20.4 Å². The Morgan fingerprint density at radius 1 is 1.33 bits per heavy atom. The van der Waals surface area contributed by atoms with E-state index < -0.39 is 0 Å². The summed E-state index contributed by atoms with van der Waals surface area (Å²) in [6.07, 6.45) is 0. The summed E-state index contributed by atoms with van der Waals surface area (Å²) in [5, 5.41) is 20.0. The average Bonchev–Trinajstić information content (AvgIpc) is 3.13. The third kappa shape index (κ3) is 3.49. The SMILES string of the molecule is Cc1n[nH]c(C)c1CN1C[C@@H](CO)[C@H](NC(=O)c2ccccc2)C1. The molecular weight excluding hydrogens is 304 g/mol. The number of carbonyl (C=O) groups excluding carboxylic acids is 1. The largest absolute Gasteiger partial charge is 0.396 e. The van der Waals surface area contributed by atoms with Gasteiger partial charge in [0.15, 0.2) is 0 Å². The first-order valence-corrected chi connectivity index (χ1v) is 8.28. The number of carbonyl (C=O) groups is 1. The molecule has 0 saturated carbocycles. The van der Waals surface area contributed by atoms with Crippen molar-refractivity contribution in [3.05, 3.63) is 52.8 Å². The molecule has 2 aromatic rings. The van der Waals surface area contributed by atoms with E-state index in [1.54, 1.807) is 12.1 Å². The quantitative estimate of drug-likeness (QED) is 0.771. The highest BCUT2D eigenvalue weighted by atomic mass is 16.3. The zero-order valence-corrected chi connectivity index (χ0v) is 14.1. The fraction of sp³-hybridized carbons (Fsp3) is 0.444. The predicted octanol–water partition coefficient (Wildman–Crippen LogP) is 1.25. The molecule has 24 heavy (non-hydrogen) atoms. The van der Waals surface area contributed by atoms with Gasteiger partial charge in [-0.3, -0.25) is 14.8 Å². The highest BCUT2D eigenvalue weighted by molar-refractivity contribution is 5.94. The number of likely N-dealkylation sites (tertiary alicyclic amines) is 1. The van der Waals surface area contributed by atoms with E-state index in [1.165, 1.54) is 5.56 Å². The van der Waals surface area contributed by atoms with Crippen LogP contribution in [-0.4, -0.2) is 51.8 Å². The summed E-state index contributed by atoms with van der Waals surface area (Å²) >= 11 is 0. The first kappa shape index (κ1) is 16.7. The third-order valence-corrected chi connectivity index (χ3v) is 4.77. The summed E-state index contributed by atoms with van der Waals surface area (Å²) in [5.74, 6) is -0.0400. The van der Waals surface area contributed by atoms with Crippen LogP contribution in [0.15, 0.2) is 30.3 Å². The Morgan fingerprint density at radius 3 is 2.71 bits per heavy atom. The minimum atomic E-state index is -0.0865. The molecule has 6 heteroatoms. The van der Waals surface area contributed by atoms with Gasteiger partial charge in [0, 0.05) is 55.0 Å². The van der Waals surface area contributed by atoms with Gasteiger partial charge in [0.25, 0.3) is 5.91 Å². The molecule has 2 atom stereocenters. The minimum Gasteiger partial charge on any atom is -0.396 e. The lowest BCUT2D eigenvalue weighted by molar-refractivity contribution is 0.0921. The molecule has 0 bridgehead atoms. The number of amides is 1. The maximum absolute atomic E-state index is 12.4. The molecule has 0 spiro atoms. The van der Waals surface area contributed by atoms with Crippen LogP contribution >= 0.6 is 0 Å². The standard InChI is InChI=1S/C18H24N4O2/c1-12-16(13(2)21-20-12)9-22-8-15(11-23)17(10-22)19-18(24)14-6-4-3-5-7-14/h3-7,15,17,23H,8-11H2,1-2H3,(H,19,24)(H,20,21)/t15-,17+/m0/s1. The van der Waals surface area contributed by atoms with Gasteiger partial charge in [0.2, 0.25) is 0 Å². The van der Waals surface area contributed by atoms with Crippen LogP contribution in [-0.2, 0) is 6.54 Å². The summed E-state index contributed by atoms with van der Waals surface area (Å²) in [5.41, 5.74) is 3.92. The van der Waals surface area contributed by atoms with Crippen LogP contribution < -0.4 is 5.32 Å². The molecule has 1 aromatic heterocycles. The zero-order chi connectivity index (χ0) is 17.1. The van der Waals surface area contributed by atoms with E-state index in [2.05, 4.69) is 20.4 Å². The van der Waals surface area contributed by atoms with Crippen LogP contribution in [0, 0.1) is 19.8 Å². The fourth-order valence-electron chi connectivity index (χ4n) is 3.31. The Hall–Kier alpha value is -2.18. The fourth-order valence-corrected chi connectivity index (χ4v) is 3.31. The van der Waals surface area contributed by atoms with Gasteiger partial charge in [0.05, 0.1) is 5.69 Å². The van der Waals surface area contributed by atoms with Crippen molar-refractivity contribution in [2.75, 3.05) is 19.7 Å². The van der Waals surface area contributed by atoms with E-state index in [0.717, 1.165) is 31.0 Å². The van der Waals surface area contributed by atoms with E-state index in [-0.39, 0.29) is 24.5 Å². The molecule has 1 amide bonds. The highest BCUT2D eigenvalue weighted by Crippen LogP contribution is 2.21. The first-order valence-electron chi connectivity index (χ1n) is 8.28. The second-order valence-corrected chi connectivity index (χ2v) is 6.50.